The van der Waals surface area contributed by atoms with Crippen LogP contribution in [0.25, 0.3) is 0 Å². The average Bonchev–Trinajstić information content (AvgIpc) is 3.43. The molecular weight excluding hydrogens is 430 g/mol. The van der Waals surface area contributed by atoms with Gasteiger partial charge in [0.05, 0.1) is 12.1 Å². The average molecular weight is 456 g/mol. The quantitative estimate of drug-likeness (QED) is 0.601. The molecule has 1 aromatic rings. The minimum atomic E-state index is -5.02. The molecule has 0 aliphatic heterocycles. The van der Waals surface area contributed by atoms with Gasteiger partial charge in [-0.2, -0.15) is 18.4 Å². The molecule has 1 aromatic carbocycles. The number of benzene rings is 1. The maximum Gasteiger partial charge on any atom is 0.407 e. The van der Waals surface area contributed by atoms with Crippen LogP contribution in [0.2, 0.25) is 0 Å². The van der Waals surface area contributed by atoms with E-state index in [1.807, 2.05) is 5.32 Å². The van der Waals surface area contributed by atoms with Crippen molar-refractivity contribution >= 4 is 21.8 Å². The maximum absolute atomic E-state index is 15.5. The van der Waals surface area contributed by atoms with Gasteiger partial charge in [0.2, 0.25) is 5.91 Å². The number of nitriles is 1. The summed E-state index contributed by atoms with van der Waals surface area (Å²) in [6.45, 7) is -7.56. The number of amides is 1. The summed E-state index contributed by atoms with van der Waals surface area (Å²) in [5.41, 5.74) is -5.76. The first-order valence-corrected chi connectivity index (χ1v) is 8.65. The zero-order chi connectivity index (χ0) is 25.5. The lowest BCUT2D eigenvalue weighted by molar-refractivity contribution is -0.161. The number of nitrogens with one attached hydrogen (secondary N) is 2. The van der Waals surface area contributed by atoms with Gasteiger partial charge in [0, 0.05) is 19.1 Å². The Morgan fingerprint density at radius 3 is 2.37 bits per heavy atom. The van der Waals surface area contributed by atoms with Gasteiger partial charge in [-0.05, 0) is 44.2 Å². The molecule has 0 heterocycles. The highest BCUT2D eigenvalue weighted by molar-refractivity contribution is 9.10. The molecule has 2 N–H and O–H groups in total. The molecule has 27 heavy (non-hydrogen) atoms. The van der Waals surface area contributed by atoms with Crippen LogP contribution in [0.4, 0.5) is 17.6 Å². The molecule has 0 spiro atoms. The Hall–Kier alpha value is -1.66. The lowest BCUT2D eigenvalue weighted by Crippen LogP contribution is -2.53. The van der Waals surface area contributed by atoms with Crippen LogP contribution in [-0.4, -0.2) is 29.3 Å². The fourth-order valence-corrected chi connectivity index (χ4v) is 2.72. The molecule has 1 saturated carbocycles. The van der Waals surface area contributed by atoms with Gasteiger partial charge in [0.25, 0.3) is 0 Å². The van der Waals surface area contributed by atoms with Crippen LogP contribution in [0.3, 0.4) is 0 Å². The van der Waals surface area contributed by atoms with E-state index in [0.717, 1.165) is 12.1 Å². The third-order valence-electron chi connectivity index (χ3n) is 4.03. The van der Waals surface area contributed by atoms with E-state index >= 15 is 4.39 Å². The summed E-state index contributed by atoms with van der Waals surface area (Å²) in [6.07, 6.45) is -6.25. The summed E-state index contributed by atoms with van der Waals surface area (Å²) in [5, 5.41) is 13.3. The van der Waals surface area contributed by atoms with Gasteiger partial charge in [-0.25, -0.2) is 4.39 Å². The Balaban J connectivity index is 2.50. The number of nitrogens with zero attached hydrogens (tertiary/aromatic N) is 1. The summed E-state index contributed by atoms with van der Waals surface area (Å²) in [4.78, 5) is 12.8. The van der Waals surface area contributed by atoms with Gasteiger partial charge in [0.15, 0.2) is 0 Å². The molecule has 9 heteroatoms. The van der Waals surface area contributed by atoms with Crippen LogP contribution in [0, 0.1) is 11.3 Å². The number of hydrogen-bond donors (Lipinski definition) is 2. The van der Waals surface area contributed by atoms with Crippen LogP contribution in [0.15, 0.2) is 28.7 Å². The molecule has 0 bridgehead atoms. The summed E-state index contributed by atoms with van der Waals surface area (Å²) >= 11 is 3.08. The zero-order valence-corrected chi connectivity index (χ0v) is 15.4. The Bertz CT molecular complexity index is 896. The lowest BCUT2D eigenvalue weighted by Gasteiger charge is -2.30. The molecule has 148 valence electrons. The molecule has 2 rings (SSSR count). The third kappa shape index (κ3) is 6.18. The second kappa shape index (κ2) is 7.76. The fourth-order valence-electron chi connectivity index (χ4n) is 2.46. The van der Waals surface area contributed by atoms with Gasteiger partial charge in [-0.3, -0.25) is 10.1 Å². The summed E-state index contributed by atoms with van der Waals surface area (Å²) < 4.78 is 102. The normalized spacial score (nSPS) is 22.5. The van der Waals surface area contributed by atoms with Gasteiger partial charge in [-0.15, -0.1) is 0 Å². The Morgan fingerprint density at radius 2 is 1.93 bits per heavy atom. The maximum atomic E-state index is 15.5. The molecule has 0 saturated heterocycles. The van der Waals surface area contributed by atoms with Crippen molar-refractivity contribution in [3.63, 3.8) is 0 Å². The van der Waals surface area contributed by atoms with E-state index in [1.165, 1.54) is 12.1 Å². The molecule has 0 unspecified atom stereocenters. The molecule has 2 atom stereocenters. The van der Waals surface area contributed by atoms with Crippen molar-refractivity contribution in [2.24, 2.45) is 0 Å². The van der Waals surface area contributed by atoms with E-state index in [1.54, 1.807) is 6.07 Å². The first-order valence-electron chi connectivity index (χ1n) is 10.9. The predicted octanol–water partition coefficient (Wildman–Crippen LogP) is 4.32. The molecule has 1 aliphatic carbocycles. The Kier molecular flexibility index (Phi) is 4.12. The Morgan fingerprint density at radius 1 is 1.33 bits per heavy atom. The van der Waals surface area contributed by atoms with Crippen LogP contribution < -0.4 is 10.6 Å². The highest BCUT2D eigenvalue weighted by Crippen LogP contribution is 2.36. The van der Waals surface area contributed by atoms with Crippen molar-refractivity contribution in [3.05, 3.63) is 34.3 Å². The van der Waals surface area contributed by atoms with Gasteiger partial charge in [0.1, 0.15) is 17.2 Å². The zero-order valence-electron chi connectivity index (χ0n) is 19.8. The van der Waals surface area contributed by atoms with Crippen LogP contribution >= 0.6 is 15.9 Å². The predicted molar refractivity (Wildman–Crippen MR) is 95.4 cm³/mol. The highest BCUT2D eigenvalue weighted by Gasteiger charge is 2.48. The van der Waals surface area contributed by atoms with Crippen molar-refractivity contribution in [1.29, 1.82) is 5.26 Å². The molecule has 0 radical (unpaired) electrons. The van der Waals surface area contributed by atoms with Crippen LogP contribution in [0.1, 0.15) is 52.8 Å². The second-order valence-corrected chi connectivity index (χ2v) is 7.35. The van der Waals surface area contributed by atoms with Gasteiger partial charge in [-0.1, -0.05) is 28.1 Å². The smallest absolute Gasteiger partial charge is 0.336 e. The lowest BCUT2D eigenvalue weighted by atomic mass is 9.97. The van der Waals surface area contributed by atoms with Gasteiger partial charge >= 0.3 is 6.18 Å². The van der Waals surface area contributed by atoms with Crippen molar-refractivity contribution < 1.29 is 30.6 Å². The number of carbonyl (C=O) groups excluding carboxylic acids is 1. The SMILES string of the molecule is [2H]C([2H])([2H])C(F)(C[C@H](N[C@@H](c1ccc(Br)cc1)C(F)(F)F)C(=O)NC1(C#N)CC1)C([2H])([2H])[2H]. The fraction of sp³-hybridized carbons (Fsp3) is 0.556. The molecule has 1 fully saturated rings. The monoisotopic (exact) mass is 455 g/mol. The van der Waals surface area contributed by atoms with Crippen LogP contribution in [0.5, 0.6) is 0 Å². The minimum absolute atomic E-state index is 0.191. The number of carbonyl (C=O) groups is 1. The Labute approximate surface area is 171 Å². The van der Waals surface area contributed by atoms with Gasteiger partial charge < -0.3 is 5.32 Å². The molecule has 1 aliphatic rings. The summed E-state index contributed by atoms with van der Waals surface area (Å²) in [6, 6.07) is 1.74. The van der Waals surface area contributed by atoms with Crippen molar-refractivity contribution in [1.82, 2.24) is 10.6 Å². The van der Waals surface area contributed by atoms with E-state index in [0.29, 0.717) is 4.47 Å². The topological polar surface area (TPSA) is 64.9 Å². The standard InChI is InChI=1S/C18H20BrF4N3O/c1-16(2,20)9-13(15(27)26-17(10-24)7-8-17)25-14(18(21,22)23)11-3-5-12(19)6-4-11/h3-6,13-14,25H,7-9H2,1-2H3,(H,26,27)/t13-,14-/m0/s1/i1D3,2D3. The molecule has 4 nitrogen and oxygen atoms in total. The van der Waals surface area contributed by atoms with E-state index in [2.05, 4.69) is 21.2 Å². The summed E-state index contributed by atoms with van der Waals surface area (Å²) in [5.74, 6) is -1.31. The van der Waals surface area contributed by atoms with Crippen LogP contribution in [-0.2, 0) is 4.79 Å². The second-order valence-electron chi connectivity index (χ2n) is 6.43. The summed E-state index contributed by atoms with van der Waals surface area (Å²) in [7, 11) is 0. The highest BCUT2D eigenvalue weighted by atomic mass is 79.9. The molecular formula is C18H20BrF4N3O. The van der Waals surface area contributed by atoms with E-state index < -0.39 is 55.5 Å². The van der Waals surface area contributed by atoms with E-state index in [-0.39, 0.29) is 18.4 Å². The largest absolute Gasteiger partial charge is 0.407 e. The van der Waals surface area contributed by atoms with Crippen molar-refractivity contribution in [2.75, 3.05) is 0 Å². The number of halogens is 5. The third-order valence-corrected chi connectivity index (χ3v) is 4.56. The minimum Gasteiger partial charge on any atom is -0.336 e. The molecule has 0 aromatic heterocycles. The number of alkyl halides is 4. The van der Waals surface area contributed by atoms with Crippen molar-refractivity contribution in [3.8, 4) is 6.07 Å². The first kappa shape index (κ1) is 14.4. The van der Waals surface area contributed by atoms with E-state index in [9.17, 15) is 18.0 Å². The van der Waals surface area contributed by atoms with Crippen molar-refractivity contribution in [2.45, 2.75) is 62.4 Å². The number of hydrogen-bond acceptors (Lipinski definition) is 3. The van der Waals surface area contributed by atoms with E-state index in [4.69, 9.17) is 13.5 Å². The molecule has 1 amide bonds. The number of rotatable bonds is 7. The first-order chi connectivity index (χ1) is 14.9.